The van der Waals surface area contributed by atoms with Crippen molar-refractivity contribution in [1.29, 1.82) is 0 Å². The van der Waals surface area contributed by atoms with Crippen molar-refractivity contribution < 1.29 is 32.5 Å². The molecule has 2 heterocycles. The molecule has 1 aliphatic heterocycles. The second kappa shape index (κ2) is 22.3. The molecule has 2 aromatic carbocycles. The summed E-state index contributed by atoms with van der Waals surface area (Å²) in [7, 11) is -0.213. The first-order valence-electron chi connectivity index (χ1n) is 15.4. The minimum Gasteiger partial charge on any atom is -0.412 e. The van der Waals surface area contributed by atoms with Gasteiger partial charge in [-0.25, -0.2) is 24.8 Å². The highest BCUT2D eigenvalue weighted by Gasteiger charge is 2.46. The molecule has 2 atom stereocenters. The number of nitrogens with one attached hydrogen (secondary N) is 1. The lowest BCUT2D eigenvalue weighted by Gasteiger charge is -2.60. The Morgan fingerprint density at radius 2 is 1.60 bits per heavy atom. The van der Waals surface area contributed by atoms with Crippen LogP contribution in [0.25, 0.3) is 11.4 Å². The van der Waals surface area contributed by atoms with E-state index >= 15 is 0 Å². The normalized spacial score (nSPS) is 20.5. The first-order chi connectivity index (χ1) is 21.6. The van der Waals surface area contributed by atoms with Gasteiger partial charge in [-0.05, 0) is 89.8 Å². The fraction of sp³-hybridized carbons (Fsp3) is 0.417. The average Bonchev–Trinajstić information content (AvgIpc) is 3.84. The van der Waals surface area contributed by atoms with Crippen LogP contribution in [0.4, 0.5) is 16.3 Å². The summed E-state index contributed by atoms with van der Waals surface area (Å²) < 4.78 is 5.22. The second-order valence-electron chi connectivity index (χ2n) is 11.3. The molecule has 2 fully saturated rings. The van der Waals surface area contributed by atoms with Crippen LogP contribution in [0.15, 0.2) is 87.0 Å². The number of para-hydroxylation sites is 1. The number of ether oxygens (including phenoxy) is 1. The highest BCUT2D eigenvalue weighted by atomic mass is 32.3. The summed E-state index contributed by atoms with van der Waals surface area (Å²) >= 11 is 1.82. The van der Waals surface area contributed by atoms with Gasteiger partial charge >= 0.3 is 6.09 Å². The van der Waals surface area contributed by atoms with Crippen molar-refractivity contribution in [3.05, 3.63) is 92.7 Å². The Bertz CT molecular complexity index is 1330. The number of aliphatic hydroxyl groups excluding tert-OH is 1. The van der Waals surface area contributed by atoms with E-state index in [-0.39, 0.29) is 39.2 Å². The molecule has 10 N–H and O–H groups in total. The maximum Gasteiger partial charge on any atom is 0.417 e. The van der Waals surface area contributed by atoms with E-state index in [2.05, 4.69) is 70.6 Å². The van der Waals surface area contributed by atoms with Crippen molar-refractivity contribution in [3.63, 3.8) is 0 Å². The SMILES string of the molecule is C=C.C=C.CC(C)S1(C)C(C)CC1C.Nc1cc(C2(SCCCO)CC2)nc(-c2ccc(NC(=O)Oc3ccccc3)cc2)n1.O.O.O.[HH]. The van der Waals surface area contributed by atoms with E-state index in [0.717, 1.165) is 52.0 Å². The number of carbonyl (C=O) groups excluding carboxylic acids is 1. The first-order valence-corrected chi connectivity index (χ1v) is 18.6. The number of amides is 1. The van der Waals surface area contributed by atoms with Gasteiger partial charge in [-0.2, -0.15) is 0 Å². The van der Waals surface area contributed by atoms with Crippen molar-refractivity contribution in [2.45, 2.75) is 73.9 Å². The van der Waals surface area contributed by atoms with Crippen LogP contribution in [0.1, 0.15) is 60.5 Å². The number of anilines is 2. The number of nitrogens with two attached hydrogens (primary N) is 1. The minimum absolute atomic E-state index is 0. The Kier molecular flexibility index (Phi) is 21.7. The highest BCUT2D eigenvalue weighted by Crippen LogP contribution is 2.67. The Balaban J connectivity index is -0.00000101. The maximum atomic E-state index is 12.1. The van der Waals surface area contributed by atoms with E-state index in [9.17, 15) is 4.79 Å². The number of rotatable bonds is 9. The summed E-state index contributed by atoms with van der Waals surface area (Å²) in [5.74, 6) is 2.35. The van der Waals surface area contributed by atoms with Crippen LogP contribution >= 0.6 is 21.8 Å². The number of benzene rings is 2. The number of aliphatic hydroxyl groups is 1. The van der Waals surface area contributed by atoms with Crippen LogP contribution in [0.2, 0.25) is 0 Å². The molecular weight excluding hydrogens is 649 g/mol. The molecule has 1 amide bonds. The quantitative estimate of drug-likeness (QED) is 0.159. The number of hydrogen-bond donors (Lipinski definition) is 3. The lowest BCUT2D eigenvalue weighted by atomic mass is 10.1. The molecule has 0 bridgehead atoms. The van der Waals surface area contributed by atoms with E-state index in [0.29, 0.717) is 23.1 Å². The van der Waals surface area contributed by atoms with Gasteiger partial charge in [0.15, 0.2) is 5.82 Å². The van der Waals surface area contributed by atoms with E-state index in [4.69, 9.17) is 20.6 Å². The van der Waals surface area contributed by atoms with E-state index < -0.39 is 6.09 Å². The molecule has 1 saturated heterocycles. The predicted molar refractivity (Wildman–Crippen MR) is 211 cm³/mol. The van der Waals surface area contributed by atoms with E-state index in [1.807, 2.05) is 36.0 Å². The van der Waals surface area contributed by atoms with Crippen LogP contribution < -0.4 is 15.8 Å². The van der Waals surface area contributed by atoms with Gasteiger partial charge in [-0.1, -0.05) is 45.9 Å². The fourth-order valence-corrected chi connectivity index (χ4v) is 10.3. The molecule has 1 aliphatic carbocycles. The molecule has 5 rings (SSSR count). The summed E-state index contributed by atoms with van der Waals surface area (Å²) in [5, 5.41) is 14.7. The second-order valence-corrected chi connectivity index (χ2v) is 17.6. The zero-order chi connectivity index (χ0) is 33.6. The Morgan fingerprint density at radius 1 is 1.04 bits per heavy atom. The smallest absolute Gasteiger partial charge is 0.412 e. The van der Waals surface area contributed by atoms with Crippen molar-refractivity contribution in [1.82, 2.24) is 9.97 Å². The lowest BCUT2D eigenvalue weighted by Crippen LogP contribution is -2.42. The summed E-state index contributed by atoms with van der Waals surface area (Å²) in [4.78, 5) is 21.2. The summed E-state index contributed by atoms with van der Waals surface area (Å²) in [6, 6.07) is 18.0. The molecular formula is C36H60N4O6S2. The number of nitrogen functional groups attached to an aromatic ring is 1. The fourth-order valence-electron chi connectivity index (χ4n) is 5.28. The van der Waals surface area contributed by atoms with Gasteiger partial charge in [-0.15, -0.1) is 38.1 Å². The van der Waals surface area contributed by atoms with Crippen LogP contribution in [0.3, 0.4) is 0 Å². The van der Waals surface area contributed by atoms with Gasteiger partial charge < -0.3 is 32.0 Å². The van der Waals surface area contributed by atoms with Gasteiger partial charge in [-0.3, -0.25) is 5.32 Å². The van der Waals surface area contributed by atoms with Crippen LogP contribution in [-0.4, -0.2) is 72.0 Å². The Hall–Kier alpha value is -3.39. The number of thioether (sulfide) groups is 1. The molecule has 10 nitrogen and oxygen atoms in total. The monoisotopic (exact) mass is 708 g/mol. The maximum absolute atomic E-state index is 12.1. The lowest BCUT2D eigenvalue weighted by molar-refractivity contribution is 0.215. The molecule has 12 heteroatoms. The molecule has 2 aliphatic rings. The number of hydrogen-bond acceptors (Lipinski definition) is 7. The zero-order valence-corrected chi connectivity index (χ0v) is 30.8. The van der Waals surface area contributed by atoms with Gasteiger partial charge in [0.05, 0.1) is 10.4 Å². The predicted octanol–water partition coefficient (Wildman–Crippen LogP) is 6.83. The molecule has 0 spiro atoms. The van der Waals surface area contributed by atoms with Gasteiger partial charge in [0.1, 0.15) is 11.6 Å². The third-order valence-electron chi connectivity index (χ3n) is 8.35. The third-order valence-corrected chi connectivity index (χ3v) is 15.9. The molecule has 3 aromatic rings. The topological polar surface area (TPSA) is 205 Å². The summed E-state index contributed by atoms with van der Waals surface area (Å²) in [5.41, 5.74) is 8.42. The third kappa shape index (κ3) is 12.2. The van der Waals surface area contributed by atoms with Gasteiger partial charge in [0, 0.05) is 25.4 Å². The summed E-state index contributed by atoms with van der Waals surface area (Å²) in [6.45, 7) is 21.8. The van der Waals surface area contributed by atoms with Crippen molar-refractivity contribution >= 4 is 39.4 Å². The number of nitrogens with zero attached hydrogens (tertiary/aromatic N) is 2. The standard InChI is InChI=1S/C23H24N4O3S.C9H20S.2C2H4.3H2O.H2/c24-20-15-19(23(11-12-23)31-14-4-13-28)26-21(27-20)16-7-9-17(10-8-16)25-22(29)30-18-5-2-1-3-6-18;1-7(2)10(5)8(3)6-9(10)4;2*1-2;;;;/h1-3,5-10,15,28H,4,11-14H2,(H,25,29)(H2,24,26,27);7-9H,6H2,1-5H3;2*1-2H2;3*1H2;1H. The highest BCUT2D eigenvalue weighted by molar-refractivity contribution is 8.35. The van der Waals surface area contributed by atoms with Crippen LogP contribution in [-0.2, 0) is 4.75 Å². The first kappa shape index (κ1) is 46.7. The molecule has 0 radical (unpaired) electrons. The minimum atomic E-state index is -0.558. The van der Waals surface area contributed by atoms with Crippen LogP contribution in [0.5, 0.6) is 5.75 Å². The molecule has 2 unspecified atom stereocenters. The van der Waals surface area contributed by atoms with Crippen LogP contribution in [0, 0.1) is 0 Å². The van der Waals surface area contributed by atoms with Crippen molar-refractivity contribution in [3.8, 4) is 17.1 Å². The van der Waals surface area contributed by atoms with Crippen molar-refractivity contribution in [2.75, 3.05) is 29.7 Å². The summed E-state index contributed by atoms with van der Waals surface area (Å²) in [6.07, 6.45) is 6.30. The molecule has 1 aromatic heterocycles. The zero-order valence-electron chi connectivity index (χ0n) is 29.1. The Morgan fingerprint density at radius 3 is 2.06 bits per heavy atom. The van der Waals surface area contributed by atoms with E-state index in [1.165, 1.54) is 6.42 Å². The van der Waals surface area contributed by atoms with E-state index in [1.54, 1.807) is 36.4 Å². The molecule has 1 saturated carbocycles. The number of aromatic nitrogens is 2. The Labute approximate surface area is 294 Å². The van der Waals surface area contributed by atoms with Crippen molar-refractivity contribution in [2.24, 2.45) is 0 Å². The molecule has 272 valence electrons. The molecule has 48 heavy (non-hydrogen) atoms. The average molecular weight is 709 g/mol. The van der Waals surface area contributed by atoms with Gasteiger partial charge in [0.25, 0.3) is 0 Å². The van der Waals surface area contributed by atoms with Gasteiger partial charge in [0.2, 0.25) is 0 Å². The number of carbonyl (C=O) groups is 1. The largest absolute Gasteiger partial charge is 0.417 e.